The molecule has 0 bridgehead atoms. The zero-order valence-electron chi connectivity index (χ0n) is 19.5. The maximum atomic E-state index is 13.2. The van der Waals surface area contributed by atoms with Gasteiger partial charge in [0.2, 0.25) is 0 Å². The average Bonchev–Trinajstić information content (AvgIpc) is 2.78. The van der Waals surface area contributed by atoms with Crippen molar-refractivity contribution in [3.63, 3.8) is 0 Å². The smallest absolute Gasteiger partial charge is 0.348 e. The Morgan fingerprint density at radius 2 is 1.69 bits per heavy atom. The number of aryl methyl sites for hydroxylation is 1. The third-order valence-corrected chi connectivity index (χ3v) is 10.5. The lowest BCUT2D eigenvalue weighted by molar-refractivity contribution is -0.138. The summed E-state index contributed by atoms with van der Waals surface area (Å²) in [4.78, 5) is 15.9. The van der Waals surface area contributed by atoms with Crippen LogP contribution in [0.25, 0.3) is 0 Å². The summed E-state index contributed by atoms with van der Waals surface area (Å²) >= 11 is 0. The van der Waals surface area contributed by atoms with Gasteiger partial charge in [-0.25, -0.2) is 21.8 Å². The van der Waals surface area contributed by atoms with Gasteiger partial charge in [0, 0.05) is 12.2 Å². The van der Waals surface area contributed by atoms with E-state index in [1.807, 2.05) is 0 Å². The molecule has 0 aliphatic heterocycles. The molecule has 1 aromatic heterocycles. The number of amides is 1. The van der Waals surface area contributed by atoms with Crippen molar-refractivity contribution in [2.24, 2.45) is 0 Å². The number of hydrogen-bond donors (Lipinski definition) is 1. The second kappa shape index (κ2) is 9.88. The molecule has 7 nitrogen and oxygen atoms in total. The first-order valence-corrected chi connectivity index (χ1v) is 14.2. The van der Waals surface area contributed by atoms with Crippen molar-refractivity contribution in [1.29, 1.82) is 0 Å². The van der Waals surface area contributed by atoms with E-state index in [1.54, 1.807) is 31.2 Å². The molecule has 1 aliphatic carbocycles. The molecule has 0 spiro atoms. The molecular weight excluding hydrogens is 505 g/mol. The van der Waals surface area contributed by atoms with Crippen LogP contribution in [0.2, 0.25) is 0 Å². The monoisotopic (exact) mass is 532 g/mol. The summed E-state index contributed by atoms with van der Waals surface area (Å²) in [5.74, 6) is -0.914. The van der Waals surface area contributed by atoms with Crippen molar-refractivity contribution in [2.75, 3.05) is 0 Å². The summed E-state index contributed by atoms with van der Waals surface area (Å²) in [6.07, 6.45) is -3.22. The first-order chi connectivity index (χ1) is 16.1. The predicted octanol–water partition coefficient (Wildman–Crippen LogP) is 4.11. The minimum atomic E-state index is -4.83. The zero-order chi connectivity index (χ0) is 26.2. The van der Waals surface area contributed by atoms with Gasteiger partial charge in [0.15, 0.2) is 19.7 Å². The molecular formula is C23H27F3N2O5S2. The Hall–Kier alpha value is -2.47. The third-order valence-electron chi connectivity index (χ3n) is 6.09. The molecule has 192 valence electrons. The summed E-state index contributed by atoms with van der Waals surface area (Å²) < 4.78 is 90.8. The van der Waals surface area contributed by atoms with E-state index in [-0.39, 0.29) is 17.7 Å². The van der Waals surface area contributed by atoms with E-state index < -0.39 is 64.5 Å². The topological polar surface area (TPSA) is 110 Å². The molecule has 0 unspecified atom stereocenters. The Morgan fingerprint density at radius 3 is 2.23 bits per heavy atom. The van der Waals surface area contributed by atoms with Crippen LogP contribution < -0.4 is 5.32 Å². The van der Waals surface area contributed by atoms with Crippen LogP contribution >= 0.6 is 0 Å². The molecule has 3 rings (SSSR count). The Labute approximate surface area is 203 Å². The van der Waals surface area contributed by atoms with Crippen molar-refractivity contribution >= 4 is 25.6 Å². The number of carbonyl (C=O) groups is 1. The Bertz CT molecular complexity index is 1310. The predicted molar refractivity (Wildman–Crippen MR) is 123 cm³/mol. The normalized spacial score (nSPS) is 19.5. The summed E-state index contributed by atoms with van der Waals surface area (Å²) in [7, 11) is -7.80. The van der Waals surface area contributed by atoms with Gasteiger partial charge in [-0.15, -0.1) is 0 Å². The van der Waals surface area contributed by atoms with Gasteiger partial charge in [-0.05, 0) is 70.2 Å². The van der Waals surface area contributed by atoms with E-state index in [9.17, 15) is 34.8 Å². The van der Waals surface area contributed by atoms with Crippen LogP contribution in [0.15, 0.2) is 46.3 Å². The van der Waals surface area contributed by atoms with E-state index in [0.717, 1.165) is 5.56 Å². The van der Waals surface area contributed by atoms with Gasteiger partial charge in [0.1, 0.15) is 5.69 Å². The Kier molecular flexibility index (Phi) is 7.66. The molecule has 1 aliphatic rings. The number of alkyl halides is 3. The lowest BCUT2D eigenvalue weighted by Gasteiger charge is -2.29. The van der Waals surface area contributed by atoms with Crippen LogP contribution in [0.5, 0.6) is 0 Å². The minimum Gasteiger partial charge on any atom is -0.348 e. The van der Waals surface area contributed by atoms with Crippen LogP contribution in [-0.4, -0.2) is 44.3 Å². The van der Waals surface area contributed by atoms with E-state index in [0.29, 0.717) is 25.1 Å². The highest BCUT2D eigenvalue weighted by Gasteiger charge is 2.37. The van der Waals surface area contributed by atoms with E-state index >= 15 is 0 Å². The van der Waals surface area contributed by atoms with Gasteiger partial charge < -0.3 is 5.32 Å². The maximum absolute atomic E-state index is 13.2. The number of aromatic nitrogens is 1. The highest BCUT2D eigenvalue weighted by Crippen LogP contribution is 2.33. The Balaban J connectivity index is 1.78. The van der Waals surface area contributed by atoms with Gasteiger partial charge >= 0.3 is 6.18 Å². The summed E-state index contributed by atoms with van der Waals surface area (Å²) in [6.45, 7) is 4.40. The fourth-order valence-electron chi connectivity index (χ4n) is 4.00. The van der Waals surface area contributed by atoms with Crippen molar-refractivity contribution in [1.82, 2.24) is 10.3 Å². The second-order valence-corrected chi connectivity index (χ2v) is 13.7. The largest absolute Gasteiger partial charge is 0.417 e. The molecule has 1 N–H and O–H groups in total. The Morgan fingerprint density at radius 1 is 1.06 bits per heavy atom. The maximum Gasteiger partial charge on any atom is 0.417 e. The minimum absolute atomic E-state index is 0.238. The highest BCUT2D eigenvalue weighted by molar-refractivity contribution is 7.92. The van der Waals surface area contributed by atoms with Crippen molar-refractivity contribution < 1.29 is 34.8 Å². The highest BCUT2D eigenvalue weighted by atomic mass is 32.2. The molecule has 1 amide bonds. The van der Waals surface area contributed by atoms with Crippen LogP contribution in [0.3, 0.4) is 0 Å². The van der Waals surface area contributed by atoms with E-state index in [2.05, 4.69) is 10.3 Å². The number of pyridine rings is 1. The van der Waals surface area contributed by atoms with Crippen LogP contribution in [0.4, 0.5) is 13.2 Å². The van der Waals surface area contributed by atoms with Crippen LogP contribution in [-0.2, 0) is 25.9 Å². The number of rotatable bonds is 6. The SMILES string of the molecule is Cc1cccc(S(=O)(=O)C2CCC(NC(=O)c3ncc(C(F)(F)F)cc3S(=O)(=O)C(C)C)CC2)c1. The molecule has 12 heteroatoms. The fraction of sp³-hybridized carbons (Fsp3) is 0.478. The quantitative estimate of drug-likeness (QED) is 0.600. The van der Waals surface area contributed by atoms with Crippen molar-refractivity contribution in [2.45, 2.75) is 79.0 Å². The number of nitrogens with one attached hydrogen (secondary N) is 1. The molecule has 0 radical (unpaired) electrons. The third kappa shape index (κ3) is 5.85. The molecule has 1 saturated carbocycles. The fourth-order valence-corrected chi connectivity index (χ4v) is 7.11. The summed E-state index contributed by atoms with van der Waals surface area (Å²) in [5.41, 5.74) is -1.06. The summed E-state index contributed by atoms with van der Waals surface area (Å²) in [5, 5.41) is 0.929. The van der Waals surface area contributed by atoms with Gasteiger partial charge in [-0.2, -0.15) is 13.2 Å². The molecule has 1 aromatic carbocycles. The molecule has 0 atom stereocenters. The van der Waals surface area contributed by atoms with Crippen LogP contribution in [0.1, 0.15) is 61.1 Å². The van der Waals surface area contributed by atoms with Gasteiger partial charge in [0.25, 0.3) is 5.91 Å². The lowest BCUT2D eigenvalue weighted by Crippen LogP contribution is -2.41. The molecule has 35 heavy (non-hydrogen) atoms. The number of carbonyl (C=O) groups excluding carboxylic acids is 1. The second-order valence-electron chi connectivity index (χ2n) is 8.97. The first kappa shape index (κ1) is 27.1. The van der Waals surface area contributed by atoms with Crippen molar-refractivity contribution in [3.05, 3.63) is 53.3 Å². The summed E-state index contributed by atoms with van der Waals surface area (Å²) in [6, 6.07) is 6.59. The van der Waals surface area contributed by atoms with Gasteiger partial charge in [-0.3, -0.25) is 4.79 Å². The molecule has 1 fully saturated rings. The zero-order valence-corrected chi connectivity index (χ0v) is 21.1. The number of halogens is 3. The standard InChI is InChI=1S/C23H27F3N2O5S2/c1-14(2)34(30,31)20-12-16(23(24,25)26)13-27-21(20)22(29)28-17-7-9-18(10-8-17)35(32,33)19-6-4-5-15(3)11-19/h4-6,11-14,17-18H,7-10H2,1-3H3,(H,28,29). The lowest BCUT2D eigenvalue weighted by atomic mass is 9.95. The number of nitrogens with zero attached hydrogens (tertiary/aromatic N) is 1. The van der Waals surface area contributed by atoms with Gasteiger partial charge in [-0.1, -0.05) is 12.1 Å². The van der Waals surface area contributed by atoms with E-state index in [4.69, 9.17) is 0 Å². The van der Waals surface area contributed by atoms with E-state index in [1.165, 1.54) is 13.8 Å². The van der Waals surface area contributed by atoms with Crippen LogP contribution in [0, 0.1) is 6.92 Å². The molecule has 0 saturated heterocycles. The molecule has 1 heterocycles. The number of sulfone groups is 2. The molecule has 2 aromatic rings. The number of benzene rings is 1. The van der Waals surface area contributed by atoms with Crippen molar-refractivity contribution in [3.8, 4) is 0 Å². The first-order valence-electron chi connectivity index (χ1n) is 11.1. The average molecular weight is 533 g/mol. The number of hydrogen-bond acceptors (Lipinski definition) is 6. The van der Waals surface area contributed by atoms with Gasteiger partial charge in [0.05, 0.1) is 25.9 Å².